The summed E-state index contributed by atoms with van der Waals surface area (Å²) in [7, 11) is -3.04. The zero-order valence-electron chi connectivity index (χ0n) is 4.43. The molecule has 44 valence electrons. The first-order valence-electron chi connectivity index (χ1n) is 1.63. The first-order chi connectivity index (χ1) is 3.18. The minimum Gasteiger partial charge on any atom is -0.800 e. The molecule has 0 heterocycles. The molecule has 0 aromatic carbocycles. The minimum absolute atomic E-state index is 0. The molecule has 0 aliphatic heterocycles. The quantitative estimate of drug-likeness (QED) is 0.262. The van der Waals surface area contributed by atoms with Crippen LogP contribution in [0.25, 0.3) is 0 Å². The van der Waals surface area contributed by atoms with E-state index in [2.05, 4.69) is 0 Å². The van der Waals surface area contributed by atoms with Crippen molar-refractivity contribution in [2.75, 3.05) is 5.88 Å². The van der Waals surface area contributed by atoms with Crippen molar-refractivity contribution in [2.45, 2.75) is 5.85 Å². The second-order valence-electron chi connectivity index (χ2n) is 0.989. The van der Waals surface area contributed by atoms with E-state index in [9.17, 15) is 9.46 Å². The summed E-state index contributed by atoms with van der Waals surface area (Å²) in [5.41, 5.74) is 0. The molecule has 3 nitrogen and oxygen atoms in total. The maximum Gasteiger partial charge on any atom is 1.00 e. The average Bonchev–Trinajstić information content (AvgIpc) is 1.65. The smallest absolute Gasteiger partial charge is 0.800 e. The Balaban J connectivity index is 0. The Morgan fingerprint density at radius 3 is 2.25 bits per heavy atom. The number of aliphatic hydroxyl groups excluding tert-OH is 1. The molecule has 0 rings (SSSR count). The molecular weight excluding hydrogens is 161 g/mol. The van der Waals surface area contributed by atoms with Crippen molar-refractivity contribution in [1.82, 2.24) is 0 Å². The third-order valence-corrected chi connectivity index (χ3v) is 1.72. The fourth-order valence-electron chi connectivity index (χ4n) is 0.0630. The van der Waals surface area contributed by atoms with Crippen LogP contribution in [0.5, 0.6) is 0 Å². The van der Waals surface area contributed by atoms with Crippen LogP contribution in [0.1, 0.15) is 0 Å². The van der Waals surface area contributed by atoms with Gasteiger partial charge in [0.1, 0.15) is 5.85 Å². The van der Waals surface area contributed by atoms with Crippen LogP contribution in [0.15, 0.2) is 0 Å². The van der Waals surface area contributed by atoms with E-state index >= 15 is 0 Å². The Labute approximate surface area is 75.2 Å². The van der Waals surface area contributed by atoms with Crippen molar-refractivity contribution in [3.05, 3.63) is 0 Å². The molecule has 0 saturated carbocycles. The maximum absolute atomic E-state index is 9.67. The SMILES string of the molecule is O=[PH]([O-])C(O)CCl.[Na+]. The van der Waals surface area contributed by atoms with Gasteiger partial charge in [0.25, 0.3) is 0 Å². The second kappa shape index (κ2) is 6.56. The molecule has 0 bridgehead atoms. The molecule has 2 atom stereocenters. The van der Waals surface area contributed by atoms with E-state index in [-0.39, 0.29) is 35.4 Å². The number of hydrogen-bond donors (Lipinski definition) is 1. The van der Waals surface area contributed by atoms with Crippen LogP contribution in [-0.2, 0) is 4.57 Å². The van der Waals surface area contributed by atoms with Gasteiger partial charge in [0.2, 0.25) is 0 Å². The summed E-state index contributed by atoms with van der Waals surface area (Å²) >= 11 is 4.92. The number of halogens is 1. The van der Waals surface area contributed by atoms with Gasteiger partial charge in [-0.05, 0) is 0 Å². The Morgan fingerprint density at radius 1 is 1.88 bits per heavy atom. The molecule has 0 radical (unpaired) electrons. The zero-order chi connectivity index (χ0) is 5.86. The molecule has 0 aromatic heterocycles. The monoisotopic (exact) mass is 166 g/mol. The molecule has 0 aromatic rings. The standard InChI is InChI=1S/C2H6ClO3P.Na/c3-1-2(4)7(5)6;/h2,4,7H,1H2,(H,5,6);/q;+1/p-1. The predicted octanol–water partition coefficient (Wildman–Crippen LogP) is -3.62. The van der Waals surface area contributed by atoms with Gasteiger partial charge in [0.05, 0.1) is 5.88 Å². The molecule has 0 fully saturated rings. The van der Waals surface area contributed by atoms with Crippen LogP contribution in [0, 0.1) is 0 Å². The van der Waals surface area contributed by atoms with E-state index in [0.29, 0.717) is 0 Å². The molecular formula is C2H5ClNaO3P. The third kappa shape index (κ3) is 5.57. The third-order valence-electron chi connectivity index (χ3n) is 0.418. The van der Waals surface area contributed by atoms with E-state index in [4.69, 9.17) is 16.7 Å². The molecule has 0 aliphatic carbocycles. The van der Waals surface area contributed by atoms with Gasteiger partial charge in [-0.3, -0.25) is 0 Å². The minimum atomic E-state index is -3.04. The summed E-state index contributed by atoms with van der Waals surface area (Å²) in [4.78, 5) is 9.67. The summed E-state index contributed by atoms with van der Waals surface area (Å²) in [6.07, 6.45) is 0. The molecule has 0 saturated heterocycles. The predicted molar refractivity (Wildman–Crippen MR) is 25.7 cm³/mol. The van der Waals surface area contributed by atoms with E-state index in [1.54, 1.807) is 0 Å². The Hall–Kier alpha value is 1.44. The largest absolute Gasteiger partial charge is 1.00 e. The summed E-state index contributed by atoms with van der Waals surface area (Å²) in [5, 5.41) is 8.22. The molecule has 2 unspecified atom stereocenters. The second-order valence-corrected chi connectivity index (χ2v) is 2.60. The number of aliphatic hydroxyl groups is 1. The number of alkyl halides is 1. The Bertz CT molecular complexity index is 79.7. The zero-order valence-corrected chi connectivity index (χ0v) is 8.18. The van der Waals surface area contributed by atoms with E-state index in [1.165, 1.54) is 0 Å². The summed E-state index contributed by atoms with van der Waals surface area (Å²) in [6.45, 7) is 0. The number of hydrogen-bond acceptors (Lipinski definition) is 3. The van der Waals surface area contributed by atoms with E-state index < -0.39 is 13.9 Å². The van der Waals surface area contributed by atoms with Gasteiger partial charge < -0.3 is 14.6 Å². The molecule has 8 heavy (non-hydrogen) atoms. The molecule has 6 heteroatoms. The van der Waals surface area contributed by atoms with Crippen molar-refractivity contribution in [2.24, 2.45) is 0 Å². The van der Waals surface area contributed by atoms with Crippen LogP contribution >= 0.6 is 19.6 Å². The summed E-state index contributed by atoms with van der Waals surface area (Å²) in [5.74, 6) is -1.58. The average molecular weight is 166 g/mol. The van der Waals surface area contributed by atoms with Crippen molar-refractivity contribution in [3.63, 3.8) is 0 Å². The van der Waals surface area contributed by atoms with Gasteiger partial charge in [0.15, 0.2) is 0 Å². The Morgan fingerprint density at radius 2 is 2.25 bits per heavy atom. The van der Waals surface area contributed by atoms with Gasteiger partial charge in [-0.15, -0.1) is 11.6 Å². The van der Waals surface area contributed by atoms with E-state index in [0.717, 1.165) is 0 Å². The van der Waals surface area contributed by atoms with Crippen LogP contribution < -0.4 is 34.5 Å². The van der Waals surface area contributed by atoms with Crippen LogP contribution in [0.3, 0.4) is 0 Å². The van der Waals surface area contributed by atoms with Crippen molar-refractivity contribution in [1.29, 1.82) is 0 Å². The van der Waals surface area contributed by atoms with Gasteiger partial charge in [-0.1, -0.05) is 0 Å². The van der Waals surface area contributed by atoms with E-state index in [1.807, 2.05) is 0 Å². The van der Waals surface area contributed by atoms with Gasteiger partial charge in [-0.2, -0.15) is 0 Å². The first-order valence-corrected chi connectivity index (χ1v) is 3.56. The fraction of sp³-hybridized carbons (Fsp3) is 1.00. The Kier molecular flexibility index (Phi) is 9.96. The summed E-state index contributed by atoms with van der Waals surface area (Å²) < 4.78 is 9.67. The van der Waals surface area contributed by atoms with Gasteiger partial charge >= 0.3 is 29.6 Å². The van der Waals surface area contributed by atoms with Crippen LogP contribution in [-0.4, -0.2) is 16.8 Å². The fourth-order valence-corrected chi connectivity index (χ4v) is 0.567. The van der Waals surface area contributed by atoms with Gasteiger partial charge in [0, 0.05) is 8.03 Å². The number of rotatable bonds is 2. The summed E-state index contributed by atoms with van der Waals surface area (Å²) in [6, 6.07) is 0. The molecule has 0 aliphatic rings. The maximum atomic E-state index is 9.67. The van der Waals surface area contributed by atoms with Crippen molar-refractivity contribution in [3.8, 4) is 0 Å². The first kappa shape index (κ1) is 12.1. The van der Waals surface area contributed by atoms with Crippen molar-refractivity contribution >= 4 is 19.6 Å². The normalized spacial score (nSPS) is 16.4. The molecule has 0 spiro atoms. The molecule has 1 N–H and O–H groups in total. The van der Waals surface area contributed by atoms with Crippen LogP contribution in [0.2, 0.25) is 0 Å². The topological polar surface area (TPSA) is 60.4 Å². The molecule has 0 amide bonds. The van der Waals surface area contributed by atoms with Crippen LogP contribution in [0.4, 0.5) is 0 Å². The van der Waals surface area contributed by atoms with Crippen molar-refractivity contribution < 1.29 is 44.1 Å². The van der Waals surface area contributed by atoms with Gasteiger partial charge in [-0.25, -0.2) is 0 Å².